The lowest BCUT2D eigenvalue weighted by Gasteiger charge is -2.43. The van der Waals surface area contributed by atoms with Crippen LogP contribution in [0.25, 0.3) is 0 Å². The number of carbonyl (C=O) groups excluding carboxylic acids is 3. The average Bonchev–Trinajstić information content (AvgIpc) is 2.71. The van der Waals surface area contributed by atoms with E-state index in [1.165, 1.54) is 0 Å². The Kier molecular flexibility index (Phi) is 6.10. The number of β-lactam (4-membered cyclic amide) rings is 1. The number of nitrogens with zero attached hydrogens (tertiary/aromatic N) is 1. The molecule has 1 saturated heterocycles. The number of imide groups is 1. The molecule has 2 aromatic carbocycles. The smallest absolute Gasteiger partial charge is 0.338 e. The molecule has 0 spiro atoms. The molecule has 1 heterocycles. The molecule has 7 heteroatoms. The molecular weight excluding hydrogens is 384 g/mol. The van der Waals surface area contributed by atoms with Gasteiger partial charge in [-0.15, -0.1) is 0 Å². The van der Waals surface area contributed by atoms with Crippen LogP contribution in [0.1, 0.15) is 43.6 Å². The van der Waals surface area contributed by atoms with E-state index < -0.39 is 29.7 Å². The summed E-state index contributed by atoms with van der Waals surface area (Å²) in [4.78, 5) is 37.9. The normalized spacial score (nSPS) is 18.4. The topological polar surface area (TPSA) is 84.9 Å². The van der Waals surface area contributed by atoms with Crippen LogP contribution in [-0.4, -0.2) is 34.6 Å². The number of ether oxygens (including phenoxy) is 2. The van der Waals surface area contributed by atoms with Crippen LogP contribution in [0, 0.1) is 5.92 Å². The molecule has 0 radical (unpaired) electrons. The fourth-order valence-corrected chi connectivity index (χ4v) is 2.98. The van der Waals surface area contributed by atoms with Gasteiger partial charge in [0.05, 0.1) is 11.5 Å². The summed E-state index contributed by atoms with van der Waals surface area (Å²) in [5, 5.41) is 2.74. The van der Waals surface area contributed by atoms with Crippen LogP contribution < -0.4 is 10.1 Å². The number of amides is 3. The van der Waals surface area contributed by atoms with Gasteiger partial charge in [-0.1, -0.05) is 30.3 Å². The number of benzene rings is 2. The van der Waals surface area contributed by atoms with E-state index in [4.69, 9.17) is 9.47 Å². The summed E-state index contributed by atoms with van der Waals surface area (Å²) in [6.07, 6.45) is -0.708. The highest BCUT2D eigenvalue weighted by atomic mass is 16.6. The second-order valence-corrected chi connectivity index (χ2v) is 8.18. The summed E-state index contributed by atoms with van der Waals surface area (Å²) in [6.45, 7) is 7.43. The lowest BCUT2D eigenvalue weighted by Crippen LogP contribution is -2.66. The Hall–Kier alpha value is -3.35. The van der Waals surface area contributed by atoms with E-state index in [2.05, 4.69) is 5.32 Å². The van der Waals surface area contributed by atoms with E-state index in [0.717, 1.165) is 10.5 Å². The van der Waals surface area contributed by atoms with E-state index in [9.17, 15) is 14.4 Å². The Morgan fingerprint density at radius 3 is 2.27 bits per heavy atom. The maximum atomic E-state index is 12.5. The molecule has 2 unspecified atom stereocenters. The van der Waals surface area contributed by atoms with Crippen molar-refractivity contribution >= 4 is 17.9 Å². The average molecular weight is 410 g/mol. The molecule has 0 aromatic heterocycles. The summed E-state index contributed by atoms with van der Waals surface area (Å²) in [7, 11) is 0. The lowest BCUT2D eigenvalue weighted by molar-refractivity contribution is -0.164. The number of hydrogen-bond acceptors (Lipinski definition) is 5. The Labute approximate surface area is 176 Å². The van der Waals surface area contributed by atoms with E-state index >= 15 is 0 Å². The number of likely N-dealkylation sites (tertiary alicyclic amines) is 1. The maximum absolute atomic E-state index is 12.5. The fourth-order valence-electron chi connectivity index (χ4n) is 2.98. The Morgan fingerprint density at radius 2 is 1.67 bits per heavy atom. The first-order valence-corrected chi connectivity index (χ1v) is 9.80. The number of esters is 1. The molecule has 1 aliphatic rings. The standard InChI is InChI=1S/C23H26N2O5/c1-15-19(26)25(22(28)24-14-16-8-6-5-7-9-16)20(15)29-18-12-10-17(11-13-18)21(27)30-23(2,3)4/h5-13,15,20H,14H2,1-4H3,(H,24,28). The number of rotatable bonds is 5. The van der Waals surface area contributed by atoms with Crippen LogP contribution in [0.3, 0.4) is 0 Å². The van der Waals surface area contributed by atoms with Crippen molar-refractivity contribution in [3.05, 3.63) is 65.7 Å². The van der Waals surface area contributed by atoms with Crippen molar-refractivity contribution in [3.8, 4) is 5.75 Å². The van der Waals surface area contributed by atoms with Gasteiger partial charge in [-0.2, -0.15) is 0 Å². The van der Waals surface area contributed by atoms with E-state index in [1.54, 1.807) is 52.0 Å². The van der Waals surface area contributed by atoms with Crippen molar-refractivity contribution in [3.63, 3.8) is 0 Å². The van der Waals surface area contributed by atoms with Gasteiger partial charge in [0.2, 0.25) is 5.91 Å². The van der Waals surface area contributed by atoms with Crippen molar-refractivity contribution in [2.75, 3.05) is 0 Å². The lowest BCUT2D eigenvalue weighted by atomic mass is 9.98. The molecule has 2 aromatic rings. The highest BCUT2D eigenvalue weighted by molar-refractivity contribution is 6.00. The summed E-state index contributed by atoms with van der Waals surface area (Å²) >= 11 is 0. The number of urea groups is 1. The molecule has 1 aliphatic heterocycles. The third-order valence-corrected chi connectivity index (χ3v) is 4.56. The summed E-state index contributed by atoms with van der Waals surface area (Å²) in [6, 6.07) is 15.4. The first kappa shape index (κ1) is 21.4. The summed E-state index contributed by atoms with van der Waals surface area (Å²) in [5.74, 6) is -0.718. The van der Waals surface area contributed by atoms with E-state index in [0.29, 0.717) is 17.9 Å². The quantitative estimate of drug-likeness (QED) is 0.600. The minimum atomic E-state index is -0.708. The second-order valence-electron chi connectivity index (χ2n) is 8.18. The molecule has 7 nitrogen and oxygen atoms in total. The zero-order valence-corrected chi connectivity index (χ0v) is 17.5. The molecular formula is C23H26N2O5. The minimum absolute atomic E-state index is 0.295. The molecule has 158 valence electrons. The van der Waals surface area contributed by atoms with Gasteiger partial charge in [0.1, 0.15) is 11.4 Å². The SMILES string of the molecule is CC1C(=O)N(C(=O)NCc2ccccc2)C1Oc1ccc(C(=O)OC(C)(C)C)cc1. The van der Waals surface area contributed by atoms with Gasteiger partial charge >= 0.3 is 12.0 Å². The van der Waals surface area contributed by atoms with Gasteiger partial charge < -0.3 is 14.8 Å². The van der Waals surface area contributed by atoms with Crippen molar-refractivity contribution in [1.29, 1.82) is 0 Å². The van der Waals surface area contributed by atoms with Crippen molar-refractivity contribution in [2.24, 2.45) is 5.92 Å². The Balaban J connectivity index is 1.61. The summed E-state index contributed by atoms with van der Waals surface area (Å²) in [5.41, 5.74) is 0.747. The predicted octanol–water partition coefficient (Wildman–Crippen LogP) is 3.73. The van der Waals surface area contributed by atoms with Crippen LogP contribution in [0.15, 0.2) is 54.6 Å². The Morgan fingerprint density at radius 1 is 1.03 bits per heavy atom. The minimum Gasteiger partial charge on any atom is -0.469 e. The monoisotopic (exact) mass is 410 g/mol. The third kappa shape index (κ3) is 4.97. The predicted molar refractivity (Wildman–Crippen MR) is 111 cm³/mol. The molecule has 0 bridgehead atoms. The zero-order valence-electron chi connectivity index (χ0n) is 17.5. The van der Waals surface area contributed by atoms with Crippen molar-refractivity contribution in [2.45, 2.75) is 46.1 Å². The molecule has 1 fully saturated rings. The Bertz CT molecular complexity index is 919. The highest BCUT2D eigenvalue weighted by Gasteiger charge is 2.50. The van der Waals surface area contributed by atoms with E-state index in [-0.39, 0.29) is 5.91 Å². The molecule has 3 rings (SSSR count). The number of hydrogen-bond donors (Lipinski definition) is 1. The first-order chi connectivity index (χ1) is 14.2. The summed E-state index contributed by atoms with van der Waals surface area (Å²) < 4.78 is 11.2. The van der Waals surface area contributed by atoms with Gasteiger partial charge in [-0.25, -0.2) is 14.5 Å². The fraction of sp³-hybridized carbons (Fsp3) is 0.348. The van der Waals surface area contributed by atoms with Gasteiger partial charge in [0.25, 0.3) is 0 Å². The second kappa shape index (κ2) is 8.57. The maximum Gasteiger partial charge on any atom is 0.338 e. The zero-order chi connectivity index (χ0) is 21.9. The van der Waals surface area contributed by atoms with Crippen LogP contribution in [0.4, 0.5) is 4.79 Å². The highest BCUT2D eigenvalue weighted by Crippen LogP contribution is 2.29. The number of carbonyl (C=O) groups is 3. The first-order valence-electron chi connectivity index (χ1n) is 9.80. The van der Waals surface area contributed by atoms with Crippen molar-refractivity contribution < 1.29 is 23.9 Å². The molecule has 3 amide bonds. The molecule has 2 atom stereocenters. The van der Waals surface area contributed by atoms with Gasteiger partial charge in [0.15, 0.2) is 6.23 Å². The molecule has 1 N–H and O–H groups in total. The van der Waals surface area contributed by atoms with Crippen molar-refractivity contribution in [1.82, 2.24) is 10.2 Å². The molecule has 0 aliphatic carbocycles. The number of nitrogens with one attached hydrogen (secondary N) is 1. The van der Waals surface area contributed by atoms with Crippen LogP contribution >= 0.6 is 0 Å². The third-order valence-electron chi connectivity index (χ3n) is 4.56. The van der Waals surface area contributed by atoms with Crippen LogP contribution in [0.2, 0.25) is 0 Å². The largest absolute Gasteiger partial charge is 0.469 e. The van der Waals surface area contributed by atoms with Gasteiger partial charge in [-0.05, 0) is 57.5 Å². The van der Waals surface area contributed by atoms with Gasteiger partial charge in [-0.3, -0.25) is 4.79 Å². The van der Waals surface area contributed by atoms with Gasteiger partial charge in [0, 0.05) is 6.54 Å². The van der Waals surface area contributed by atoms with Crippen LogP contribution in [0.5, 0.6) is 5.75 Å². The van der Waals surface area contributed by atoms with Crippen LogP contribution in [-0.2, 0) is 16.1 Å². The molecule has 30 heavy (non-hydrogen) atoms. The molecule has 0 saturated carbocycles. The van der Waals surface area contributed by atoms with E-state index in [1.807, 2.05) is 30.3 Å².